The first-order valence-corrected chi connectivity index (χ1v) is 8.09. The Hall–Kier alpha value is -2.34. The summed E-state index contributed by atoms with van der Waals surface area (Å²) < 4.78 is 10.8. The molecule has 0 saturated carbocycles. The Kier molecular flexibility index (Phi) is 6.37. The molecule has 0 atom stereocenters. The van der Waals surface area contributed by atoms with Gasteiger partial charge in [-0.2, -0.15) is 0 Å². The molecule has 0 N–H and O–H groups in total. The van der Waals surface area contributed by atoms with Gasteiger partial charge in [-0.3, -0.25) is 4.79 Å². The molecule has 0 aliphatic rings. The number of benzene rings is 2. The molecule has 6 heteroatoms. The van der Waals surface area contributed by atoms with Crippen LogP contribution in [0.15, 0.2) is 53.0 Å². The maximum Gasteiger partial charge on any atom is 0.339 e. The quantitative estimate of drug-likeness (QED) is 0.709. The second-order valence-electron chi connectivity index (χ2n) is 5.16. The number of methoxy groups -OCH3 is 1. The van der Waals surface area contributed by atoms with Crippen LogP contribution < -0.4 is 4.74 Å². The molecule has 0 aromatic heterocycles. The fourth-order valence-electron chi connectivity index (χ4n) is 2.05. The van der Waals surface area contributed by atoms with Crippen LogP contribution in [0.5, 0.6) is 5.75 Å². The maximum atomic E-state index is 12.1. The number of carbonyl (C=O) groups is 2. The molecule has 0 unspecified atom stereocenters. The lowest BCUT2D eigenvalue weighted by Crippen LogP contribution is -2.30. The van der Waals surface area contributed by atoms with E-state index in [-0.39, 0.29) is 12.5 Å². The van der Waals surface area contributed by atoms with Gasteiger partial charge < -0.3 is 14.4 Å². The van der Waals surface area contributed by atoms with E-state index in [4.69, 9.17) is 9.47 Å². The average molecular weight is 392 g/mol. The van der Waals surface area contributed by atoms with Gasteiger partial charge in [-0.05, 0) is 39.7 Å². The largest absolute Gasteiger partial charge is 0.497 e. The molecule has 0 fully saturated rings. The van der Waals surface area contributed by atoms with Crippen molar-refractivity contribution in [3.63, 3.8) is 0 Å². The number of halogens is 1. The van der Waals surface area contributed by atoms with Crippen molar-refractivity contribution in [3.8, 4) is 5.75 Å². The van der Waals surface area contributed by atoms with Gasteiger partial charge in [0.2, 0.25) is 0 Å². The van der Waals surface area contributed by atoms with Gasteiger partial charge in [0.15, 0.2) is 6.61 Å². The first kappa shape index (κ1) is 18.0. The van der Waals surface area contributed by atoms with E-state index in [2.05, 4.69) is 15.9 Å². The summed E-state index contributed by atoms with van der Waals surface area (Å²) in [6, 6.07) is 14.6. The minimum absolute atomic E-state index is 0.272. The Morgan fingerprint density at radius 3 is 2.50 bits per heavy atom. The van der Waals surface area contributed by atoms with Crippen LogP contribution in [0.4, 0.5) is 0 Å². The third-order valence-corrected chi connectivity index (χ3v) is 4.10. The predicted octanol–water partition coefficient (Wildman–Crippen LogP) is 3.27. The zero-order valence-electron chi connectivity index (χ0n) is 13.5. The van der Waals surface area contributed by atoms with Crippen LogP contribution in [-0.2, 0) is 16.1 Å². The van der Waals surface area contributed by atoms with E-state index in [1.807, 2.05) is 30.3 Å². The van der Waals surface area contributed by atoms with Gasteiger partial charge >= 0.3 is 5.97 Å². The summed E-state index contributed by atoms with van der Waals surface area (Å²) in [5.74, 6) is -0.314. The van der Waals surface area contributed by atoms with Gasteiger partial charge in [0.1, 0.15) is 5.75 Å². The molecule has 0 heterocycles. The van der Waals surface area contributed by atoms with Crippen molar-refractivity contribution in [2.75, 3.05) is 20.8 Å². The van der Waals surface area contributed by atoms with Gasteiger partial charge in [0, 0.05) is 18.1 Å². The second kappa shape index (κ2) is 8.49. The minimum atomic E-state index is -0.581. The van der Waals surface area contributed by atoms with Gasteiger partial charge in [0.05, 0.1) is 12.7 Å². The highest BCUT2D eigenvalue weighted by Gasteiger charge is 2.16. The summed E-state index contributed by atoms with van der Waals surface area (Å²) in [7, 11) is 3.19. The van der Waals surface area contributed by atoms with Crippen LogP contribution in [0.2, 0.25) is 0 Å². The summed E-state index contributed by atoms with van der Waals surface area (Å²) in [5, 5.41) is 0. The van der Waals surface area contributed by atoms with Crippen LogP contribution in [-0.4, -0.2) is 37.5 Å². The molecule has 0 spiro atoms. The number of rotatable bonds is 6. The SMILES string of the molecule is COc1ccc(Br)c(C(=O)OCC(=O)N(C)Cc2ccccc2)c1. The summed E-state index contributed by atoms with van der Waals surface area (Å²) in [6.45, 7) is 0.145. The Labute approximate surface area is 149 Å². The molecule has 0 radical (unpaired) electrons. The van der Waals surface area contributed by atoms with Crippen molar-refractivity contribution in [3.05, 3.63) is 64.1 Å². The standard InChI is InChI=1S/C18H18BrNO4/c1-20(11-13-6-4-3-5-7-13)17(21)12-24-18(22)15-10-14(23-2)8-9-16(15)19/h3-10H,11-12H2,1-2H3. The summed E-state index contributed by atoms with van der Waals surface area (Å²) in [5.41, 5.74) is 1.32. The number of amides is 1. The molecule has 5 nitrogen and oxygen atoms in total. The molecule has 126 valence electrons. The zero-order chi connectivity index (χ0) is 17.5. The van der Waals surface area contributed by atoms with Crippen molar-refractivity contribution in [1.82, 2.24) is 4.90 Å². The fraction of sp³-hybridized carbons (Fsp3) is 0.222. The number of ether oxygens (including phenoxy) is 2. The zero-order valence-corrected chi connectivity index (χ0v) is 15.1. The van der Waals surface area contributed by atoms with Gasteiger partial charge in [-0.15, -0.1) is 0 Å². The van der Waals surface area contributed by atoms with Crippen LogP contribution in [0, 0.1) is 0 Å². The van der Waals surface area contributed by atoms with Crippen molar-refractivity contribution < 1.29 is 19.1 Å². The van der Waals surface area contributed by atoms with E-state index in [1.54, 1.807) is 25.2 Å². The van der Waals surface area contributed by atoms with Crippen LogP contribution in [0.25, 0.3) is 0 Å². The lowest BCUT2D eigenvalue weighted by molar-refractivity contribution is -0.133. The number of hydrogen-bond donors (Lipinski definition) is 0. The fourth-order valence-corrected chi connectivity index (χ4v) is 2.46. The van der Waals surface area contributed by atoms with Crippen molar-refractivity contribution >= 4 is 27.8 Å². The number of nitrogens with zero attached hydrogens (tertiary/aromatic N) is 1. The molecule has 0 aliphatic carbocycles. The smallest absolute Gasteiger partial charge is 0.339 e. The lowest BCUT2D eigenvalue weighted by Gasteiger charge is -2.17. The van der Waals surface area contributed by atoms with E-state index in [1.165, 1.54) is 12.0 Å². The molecule has 0 aliphatic heterocycles. The lowest BCUT2D eigenvalue weighted by atomic mass is 10.2. The number of likely N-dealkylation sites (N-methyl/N-ethyl adjacent to an activating group) is 1. The summed E-state index contributed by atoms with van der Waals surface area (Å²) in [4.78, 5) is 25.8. The molecule has 1 amide bonds. The summed E-state index contributed by atoms with van der Waals surface area (Å²) in [6.07, 6.45) is 0. The molecule has 0 bridgehead atoms. The highest BCUT2D eigenvalue weighted by Crippen LogP contribution is 2.23. The molecule has 24 heavy (non-hydrogen) atoms. The Morgan fingerprint density at radius 2 is 1.83 bits per heavy atom. The van der Waals surface area contributed by atoms with Crippen LogP contribution >= 0.6 is 15.9 Å². The Balaban J connectivity index is 1.92. The predicted molar refractivity (Wildman–Crippen MR) is 93.9 cm³/mol. The van der Waals surface area contributed by atoms with E-state index in [0.717, 1.165) is 5.56 Å². The highest BCUT2D eigenvalue weighted by molar-refractivity contribution is 9.10. The first-order chi connectivity index (χ1) is 11.5. The maximum absolute atomic E-state index is 12.1. The van der Waals surface area contributed by atoms with E-state index in [9.17, 15) is 9.59 Å². The van der Waals surface area contributed by atoms with Crippen molar-refractivity contribution in [2.45, 2.75) is 6.54 Å². The number of carbonyl (C=O) groups excluding carboxylic acids is 2. The highest BCUT2D eigenvalue weighted by atomic mass is 79.9. The van der Waals surface area contributed by atoms with Gasteiger partial charge in [-0.1, -0.05) is 30.3 Å². The van der Waals surface area contributed by atoms with Crippen LogP contribution in [0.1, 0.15) is 15.9 Å². The molecule has 0 saturated heterocycles. The Bertz CT molecular complexity index is 718. The summed E-state index contributed by atoms with van der Waals surface area (Å²) >= 11 is 3.29. The van der Waals surface area contributed by atoms with Crippen LogP contribution in [0.3, 0.4) is 0 Å². The number of hydrogen-bond acceptors (Lipinski definition) is 4. The van der Waals surface area contributed by atoms with Gasteiger partial charge in [0.25, 0.3) is 5.91 Å². The van der Waals surface area contributed by atoms with E-state index < -0.39 is 5.97 Å². The molecular formula is C18H18BrNO4. The minimum Gasteiger partial charge on any atom is -0.497 e. The first-order valence-electron chi connectivity index (χ1n) is 7.30. The third-order valence-electron chi connectivity index (χ3n) is 3.41. The van der Waals surface area contributed by atoms with E-state index >= 15 is 0 Å². The molecule has 2 aromatic carbocycles. The van der Waals surface area contributed by atoms with Crippen molar-refractivity contribution in [2.24, 2.45) is 0 Å². The average Bonchev–Trinajstić information content (AvgIpc) is 2.60. The normalized spacial score (nSPS) is 10.1. The molecule has 2 aromatic rings. The third kappa shape index (κ3) is 4.83. The van der Waals surface area contributed by atoms with Gasteiger partial charge in [-0.25, -0.2) is 4.79 Å². The van der Waals surface area contributed by atoms with E-state index in [0.29, 0.717) is 22.3 Å². The molecule has 2 rings (SSSR count). The topological polar surface area (TPSA) is 55.8 Å². The van der Waals surface area contributed by atoms with Crippen molar-refractivity contribution in [1.29, 1.82) is 0 Å². The molecular weight excluding hydrogens is 374 g/mol. The Morgan fingerprint density at radius 1 is 1.12 bits per heavy atom. The second-order valence-corrected chi connectivity index (χ2v) is 6.01. The monoisotopic (exact) mass is 391 g/mol. The number of esters is 1.